The summed E-state index contributed by atoms with van der Waals surface area (Å²) in [5.41, 5.74) is 1.13. The molecule has 0 aliphatic rings. The molecule has 0 saturated heterocycles. The predicted octanol–water partition coefficient (Wildman–Crippen LogP) is 1.87. The van der Waals surface area contributed by atoms with Gasteiger partial charge >= 0.3 is 26.4 Å². The third kappa shape index (κ3) is 4.60. The van der Waals surface area contributed by atoms with Gasteiger partial charge in [0, 0.05) is 0 Å². The number of fused-ring (bicyclic) bond motifs is 1. The van der Waals surface area contributed by atoms with Crippen LogP contribution in [0.5, 0.6) is 0 Å². The second kappa shape index (κ2) is 9.60. The van der Waals surface area contributed by atoms with Crippen molar-refractivity contribution in [3.05, 3.63) is 109 Å². The monoisotopic (exact) mass is 373 g/mol. The van der Waals surface area contributed by atoms with E-state index in [0.717, 1.165) is 22.6 Å². The van der Waals surface area contributed by atoms with Gasteiger partial charge in [0.05, 0.1) is 6.61 Å². The molecule has 0 saturated carbocycles. The maximum atomic E-state index is 6.97. The first-order valence-electron chi connectivity index (χ1n) is 9.08. The Hall–Kier alpha value is -1.81. The Morgan fingerprint density at radius 3 is 2.21 bits per heavy atom. The minimum atomic E-state index is -2.43. The zero-order chi connectivity index (χ0) is 18.5. The molecule has 0 aromatic heterocycles. The third-order valence-electron chi connectivity index (χ3n) is 4.70. The van der Waals surface area contributed by atoms with E-state index < -0.39 is 7.37 Å². The molecule has 0 aliphatic carbocycles. The van der Waals surface area contributed by atoms with Crippen LogP contribution in [0.4, 0.5) is 0 Å². The van der Waals surface area contributed by atoms with Crippen molar-refractivity contribution < 1.29 is 23.4 Å². The average molecular weight is 373 g/mol. The van der Waals surface area contributed by atoms with Crippen LogP contribution in [0.1, 0.15) is 5.56 Å². The summed E-state index contributed by atoms with van der Waals surface area (Å²) in [5, 5.41) is 4.50. The van der Waals surface area contributed by atoms with E-state index in [4.69, 9.17) is 12.1 Å². The van der Waals surface area contributed by atoms with Crippen LogP contribution in [-0.4, -0.2) is 14.2 Å². The molecule has 0 bridgehead atoms. The van der Waals surface area contributed by atoms with E-state index >= 15 is 0 Å². The summed E-state index contributed by atoms with van der Waals surface area (Å²) in [4.78, 5) is 0. The van der Waals surface area contributed by atoms with Gasteiger partial charge in [0.25, 0.3) is 0 Å². The van der Waals surface area contributed by atoms with Crippen LogP contribution >= 0.6 is 7.37 Å². The van der Waals surface area contributed by atoms with E-state index in [1.165, 1.54) is 10.8 Å². The van der Waals surface area contributed by atoms with Gasteiger partial charge in [-0.15, -0.1) is 0 Å². The van der Waals surface area contributed by atoms with Gasteiger partial charge in [-0.1, -0.05) is 48.5 Å². The molecule has 0 amide bonds. The van der Waals surface area contributed by atoms with Gasteiger partial charge in [0.2, 0.25) is 0 Å². The fraction of sp³-hybridized carbons (Fsp3) is 0.0833. The van der Waals surface area contributed by atoms with Crippen molar-refractivity contribution in [3.63, 3.8) is 0 Å². The Morgan fingerprint density at radius 1 is 0.750 bits per heavy atom. The van der Waals surface area contributed by atoms with E-state index in [9.17, 15) is 0 Å². The van der Waals surface area contributed by atoms with Crippen LogP contribution in [0.2, 0.25) is 0 Å². The number of hydrogen-bond acceptors (Lipinski definition) is 1. The molecule has 0 heterocycles. The average Bonchev–Trinajstić information content (AvgIpc) is 2.74. The Morgan fingerprint density at radius 2 is 1.46 bits per heavy atom. The van der Waals surface area contributed by atoms with Gasteiger partial charge in [-0.3, -0.25) is 0 Å². The van der Waals surface area contributed by atoms with Gasteiger partial charge < -0.3 is 0 Å². The molecule has 0 spiro atoms. The third-order valence-corrected chi connectivity index (χ3v) is 7.40. The molecule has 0 fully saturated rings. The molecule has 4 heteroatoms. The zero-order valence-corrected chi connectivity index (χ0v) is 17.0. The van der Waals surface area contributed by atoms with Gasteiger partial charge in [-0.05, 0) is 41.5 Å². The smallest absolute Gasteiger partial charge is 0.246 e. The first kappa shape index (κ1) is 20.9. The molecule has 1 unspecified atom stereocenters. The zero-order valence-electron chi connectivity index (χ0n) is 16.1. The van der Waals surface area contributed by atoms with E-state index in [1.807, 2.05) is 36.4 Å². The predicted molar refractivity (Wildman–Crippen MR) is 117 cm³/mol. The maximum absolute atomic E-state index is 6.97. The Kier molecular flexibility index (Phi) is 7.17. The van der Waals surface area contributed by atoms with Crippen molar-refractivity contribution in [1.29, 1.82) is 0 Å². The summed E-state index contributed by atoms with van der Waals surface area (Å²) >= 11 is 0. The number of rotatable bonds is 6. The van der Waals surface area contributed by atoms with Crippen molar-refractivity contribution in [3.8, 4) is 0 Å². The molecule has 0 aliphatic heterocycles. The first-order valence-corrected chi connectivity index (χ1v) is 10.9. The quantitative estimate of drug-likeness (QED) is 0.285. The Balaban J connectivity index is 0.00000225. The molecular weight excluding hydrogens is 353 g/mol. The van der Waals surface area contributed by atoms with Crippen molar-refractivity contribution >= 4 is 36.3 Å². The number of hydrogen-bond donors (Lipinski definition) is 0. The van der Waals surface area contributed by atoms with Gasteiger partial charge in [-0.2, -0.15) is 35.9 Å². The minimum absolute atomic E-state index is 0. The molecule has 1 nitrogen and oxygen atoms in total. The van der Waals surface area contributed by atoms with Crippen molar-refractivity contribution in [2.24, 2.45) is 0 Å². The molecule has 130 valence electrons. The molecule has 4 aromatic rings. The van der Waals surface area contributed by atoms with Crippen molar-refractivity contribution in [1.82, 2.24) is 0 Å². The van der Waals surface area contributed by atoms with Gasteiger partial charge in [-0.25, -0.2) is 4.52 Å². The van der Waals surface area contributed by atoms with Crippen LogP contribution < -0.4 is 29.5 Å². The summed E-state index contributed by atoms with van der Waals surface area (Å²) < 4.78 is 6.42. The topological polar surface area (TPSA) is 9.23 Å². The summed E-state index contributed by atoms with van der Waals surface area (Å²) in [6, 6.07) is 36.2. The number of benzene rings is 4. The SMILES string of the molecule is [B][P+](OCCc1[c-]cccc1)(c1ccccc1)c1ccc2ccccc2c1.[Li+]. The second-order valence-electron chi connectivity index (χ2n) is 6.50. The van der Waals surface area contributed by atoms with Crippen LogP contribution in [0.25, 0.3) is 10.8 Å². The van der Waals surface area contributed by atoms with E-state index in [-0.39, 0.29) is 18.9 Å². The Bertz CT molecular complexity index is 1030. The van der Waals surface area contributed by atoms with Crippen LogP contribution in [0, 0.1) is 6.07 Å². The van der Waals surface area contributed by atoms with Crippen molar-refractivity contribution in [2.45, 2.75) is 6.42 Å². The summed E-state index contributed by atoms with van der Waals surface area (Å²) in [6.07, 6.45) is 0.792. The standard InChI is InChI=1S/C24H20BOP.Li/c25-27(23-13-5-2-6-14-23,26-18-17-20-9-3-1-4-10-20)24-16-15-21-11-7-8-12-22(21)19-24;/h1-9,11-16,19H,17-18H2;/q;+1. The van der Waals surface area contributed by atoms with E-state index in [2.05, 4.69) is 66.7 Å². The molecule has 2 radical (unpaired) electrons. The largest absolute Gasteiger partial charge is 1.00 e. The molecule has 1 atom stereocenters. The van der Waals surface area contributed by atoms with E-state index in [0.29, 0.717) is 6.61 Å². The Labute approximate surface area is 181 Å². The second-order valence-corrected chi connectivity index (χ2v) is 9.10. The van der Waals surface area contributed by atoms with Crippen LogP contribution in [0.15, 0.2) is 97.1 Å². The molecular formula is C24H20BLiOP+. The van der Waals surface area contributed by atoms with E-state index in [1.54, 1.807) is 0 Å². The first-order chi connectivity index (χ1) is 13.3. The van der Waals surface area contributed by atoms with Crippen LogP contribution in [-0.2, 0) is 10.9 Å². The fourth-order valence-corrected chi connectivity index (χ4v) is 5.43. The summed E-state index contributed by atoms with van der Waals surface area (Å²) in [5.74, 6) is 0. The molecule has 4 rings (SSSR count). The molecule has 28 heavy (non-hydrogen) atoms. The maximum Gasteiger partial charge on any atom is 1.00 e. The summed E-state index contributed by atoms with van der Waals surface area (Å²) in [6.45, 7) is 0.562. The van der Waals surface area contributed by atoms with Crippen LogP contribution in [0.3, 0.4) is 0 Å². The van der Waals surface area contributed by atoms with Gasteiger partial charge in [0.15, 0.2) is 7.37 Å². The fourth-order valence-electron chi connectivity index (χ4n) is 3.22. The molecule has 4 aromatic carbocycles. The summed E-state index contributed by atoms with van der Waals surface area (Å²) in [7, 11) is 4.55. The normalized spacial score (nSPS) is 12.9. The molecule has 0 N–H and O–H groups in total. The minimum Gasteiger partial charge on any atom is -0.246 e. The van der Waals surface area contributed by atoms with Gasteiger partial charge in [0.1, 0.15) is 10.6 Å². The van der Waals surface area contributed by atoms with Crippen molar-refractivity contribution in [2.75, 3.05) is 6.61 Å².